The second-order valence-corrected chi connectivity index (χ2v) is 5.61. The van der Waals surface area contributed by atoms with Crippen LogP contribution >= 0.6 is 0 Å². The number of hydrogen-bond acceptors (Lipinski definition) is 4. The summed E-state index contributed by atoms with van der Waals surface area (Å²) in [5, 5.41) is 8.61. The first-order valence-electron chi connectivity index (χ1n) is 5.86. The number of aliphatic hydroxyl groups is 1. The second-order valence-electron chi connectivity index (χ2n) is 3.93. The number of benzene rings is 1. The van der Waals surface area contributed by atoms with E-state index in [1.165, 1.54) is 18.2 Å². The van der Waals surface area contributed by atoms with Crippen molar-refractivity contribution in [1.82, 2.24) is 4.98 Å². The summed E-state index contributed by atoms with van der Waals surface area (Å²) in [5.74, 6) is 4.39. The number of nitrogens with one attached hydrogen (secondary N) is 1. The van der Waals surface area contributed by atoms with Crippen LogP contribution in [0.3, 0.4) is 0 Å². The summed E-state index contributed by atoms with van der Waals surface area (Å²) in [7, 11) is -3.92. The van der Waals surface area contributed by atoms with E-state index in [-0.39, 0.29) is 17.3 Å². The van der Waals surface area contributed by atoms with E-state index in [0.717, 1.165) is 12.1 Å². The number of nitrogens with zero attached hydrogens (tertiary/aromatic N) is 1. The Morgan fingerprint density at radius 1 is 1.24 bits per heavy atom. The van der Waals surface area contributed by atoms with Crippen LogP contribution in [0.1, 0.15) is 5.69 Å². The predicted octanol–water partition coefficient (Wildman–Crippen LogP) is 1.37. The summed E-state index contributed by atoms with van der Waals surface area (Å²) in [6.45, 7) is -0.319. The van der Waals surface area contributed by atoms with E-state index in [0.29, 0.717) is 5.69 Å². The fourth-order valence-corrected chi connectivity index (χ4v) is 2.55. The van der Waals surface area contributed by atoms with E-state index in [4.69, 9.17) is 5.11 Å². The number of rotatable bonds is 3. The third kappa shape index (κ3) is 4.02. The lowest BCUT2D eigenvalue weighted by molar-refractivity contribution is 0.350. The maximum atomic E-state index is 13.1. The monoisotopic (exact) mass is 306 g/mol. The summed E-state index contributed by atoms with van der Waals surface area (Å²) < 4.78 is 39.5. The molecule has 0 bridgehead atoms. The minimum absolute atomic E-state index is 0.0593. The highest BCUT2D eigenvalue weighted by molar-refractivity contribution is 7.92. The van der Waals surface area contributed by atoms with E-state index in [1.807, 2.05) is 0 Å². The van der Waals surface area contributed by atoms with Gasteiger partial charge in [0.15, 0.2) is 0 Å². The van der Waals surface area contributed by atoms with Gasteiger partial charge >= 0.3 is 0 Å². The maximum absolute atomic E-state index is 13.1. The Morgan fingerprint density at radius 3 is 2.71 bits per heavy atom. The molecule has 2 N–H and O–H groups in total. The van der Waals surface area contributed by atoms with Crippen LogP contribution in [0.5, 0.6) is 0 Å². The highest BCUT2D eigenvalue weighted by atomic mass is 32.2. The Balaban J connectivity index is 2.29. The molecule has 0 radical (unpaired) electrons. The van der Waals surface area contributed by atoms with Crippen LogP contribution in [0.25, 0.3) is 0 Å². The minimum atomic E-state index is -3.92. The lowest BCUT2D eigenvalue weighted by atomic mass is 10.3. The number of halogens is 1. The highest BCUT2D eigenvalue weighted by Gasteiger charge is 2.15. The van der Waals surface area contributed by atoms with Gasteiger partial charge in [-0.05, 0) is 36.3 Å². The van der Waals surface area contributed by atoms with Crippen molar-refractivity contribution in [2.24, 2.45) is 0 Å². The average molecular weight is 306 g/mol. The Morgan fingerprint density at radius 2 is 2.00 bits per heavy atom. The van der Waals surface area contributed by atoms with E-state index in [1.54, 1.807) is 12.1 Å². The Labute approximate surface area is 121 Å². The summed E-state index contributed by atoms with van der Waals surface area (Å²) in [6.07, 6.45) is 0. The molecule has 0 aliphatic rings. The molecule has 1 heterocycles. The molecule has 1 aromatic carbocycles. The quantitative estimate of drug-likeness (QED) is 0.839. The summed E-state index contributed by atoms with van der Waals surface area (Å²) in [4.78, 5) is 3.78. The number of aromatic nitrogens is 1. The van der Waals surface area contributed by atoms with Crippen LogP contribution in [0.2, 0.25) is 0 Å². The lowest BCUT2D eigenvalue weighted by Crippen LogP contribution is -2.14. The standard InChI is InChI=1S/C14H11FN2O3S/c15-11-4-1-7-13(10-11)21(19,20)17-14-8-2-5-12(16-14)6-3-9-18/h1-2,4-5,7-8,10,18H,9H2,(H,16,17). The second kappa shape index (κ2) is 6.35. The number of aliphatic hydroxyl groups excluding tert-OH is 1. The van der Waals surface area contributed by atoms with Crippen LogP contribution in [0.15, 0.2) is 47.4 Å². The molecule has 1 aromatic heterocycles. The molecule has 2 rings (SSSR count). The Hall–Kier alpha value is -2.43. The molecule has 0 amide bonds. The van der Waals surface area contributed by atoms with Crippen molar-refractivity contribution in [2.45, 2.75) is 4.90 Å². The Bertz CT molecular complexity index is 810. The van der Waals surface area contributed by atoms with E-state index in [2.05, 4.69) is 21.5 Å². The van der Waals surface area contributed by atoms with Gasteiger partial charge in [0, 0.05) is 0 Å². The average Bonchev–Trinajstić information content (AvgIpc) is 2.45. The maximum Gasteiger partial charge on any atom is 0.263 e. The Kier molecular flexibility index (Phi) is 4.52. The van der Waals surface area contributed by atoms with Gasteiger partial charge < -0.3 is 5.11 Å². The van der Waals surface area contributed by atoms with Crippen molar-refractivity contribution in [1.29, 1.82) is 0 Å². The first-order valence-corrected chi connectivity index (χ1v) is 7.35. The van der Waals surface area contributed by atoms with Gasteiger partial charge in [-0.1, -0.05) is 18.1 Å². The van der Waals surface area contributed by atoms with Crippen molar-refractivity contribution in [3.63, 3.8) is 0 Å². The van der Waals surface area contributed by atoms with Crippen molar-refractivity contribution in [2.75, 3.05) is 11.3 Å². The largest absolute Gasteiger partial charge is 0.384 e. The summed E-state index contributed by atoms with van der Waals surface area (Å²) >= 11 is 0. The zero-order chi connectivity index (χ0) is 15.3. The molecule has 5 nitrogen and oxygen atoms in total. The molecule has 0 aliphatic carbocycles. The van der Waals surface area contributed by atoms with Gasteiger partial charge in [0.25, 0.3) is 10.0 Å². The number of hydrogen-bond donors (Lipinski definition) is 2. The molecule has 108 valence electrons. The first kappa shape index (κ1) is 15.0. The van der Waals surface area contributed by atoms with Crippen molar-refractivity contribution < 1.29 is 17.9 Å². The molecule has 7 heteroatoms. The summed E-state index contributed by atoms with van der Waals surface area (Å²) in [5.41, 5.74) is 0.309. The lowest BCUT2D eigenvalue weighted by Gasteiger charge is -2.07. The van der Waals surface area contributed by atoms with Gasteiger partial charge in [0.05, 0.1) is 4.90 Å². The van der Waals surface area contributed by atoms with Crippen LogP contribution in [-0.2, 0) is 10.0 Å². The molecule has 21 heavy (non-hydrogen) atoms. The SMILES string of the molecule is O=S(=O)(Nc1cccc(C#CCO)n1)c1cccc(F)c1. The van der Waals surface area contributed by atoms with E-state index >= 15 is 0 Å². The third-order valence-electron chi connectivity index (χ3n) is 2.39. The van der Waals surface area contributed by atoms with Crippen LogP contribution in [0.4, 0.5) is 10.2 Å². The fourth-order valence-electron chi connectivity index (χ4n) is 1.52. The van der Waals surface area contributed by atoms with Crippen molar-refractivity contribution >= 4 is 15.8 Å². The molecule has 2 aromatic rings. The molecule has 0 spiro atoms. The summed E-state index contributed by atoms with van der Waals surface area (Å²) in [6, 6.07) is 9.24. The molecule has 0 fully saturated rings. The van der Waals surface area contributed by atoms with Crippen molar-refractivity contribution in [3.05, 3.63) is 54.0 Å². The smallest absolute Gasteiger partial charge is 0.263 e. The van der Waals surface area contributed by atoms with Crippen molar-refractivity contribution in [3.8, 4) is 11.8 Å². The number of pyridine rings is 1. The zero-order valence-electron chi connectivity index (χ0n) is 10.7. The number of sulfonamides is 1. The zero-order valence-corrected chi connectivity index (χ0v) is 11.6. The fraction of sp³-hybridized carbons (Fsp3) is 0.0714. The molecule has 0 saturated carbocycles. The predicted molar refractivity (Wildman–Crippen MR) is 75.4 cm³/mol. The molecule has 0 saturated heterocycles. The highest BCUT2D eigenvalue weighted by Crippen LogP contribution is 2.15. The topological polar surface area (TPSA) is 79.3 Å². The molecule has 0 unspecified atom stereocenters. The third-order valence-corrected chi connectivity index (χ3v) is 3.74. The van der Waals surface area contributed by atoms with Gasteiger partial charge in [-0.2, -0.15) is 0 Å². The van der Waals surface area contributed by atoms with Gasteiger partial charge in [-0.25, -0.2) is 17.8 Å². The molecular weight excluding hydrogens is 295 g/mol. The molecule has 0 aliphatic heterocycles. The number of anilines is 1. The first-order chi connectivity index (χ1) is 10.0. The molecule has 0 atom stereocenters. The van der Waals surface area contributed by atoms with E-state index < -0.39 is 15.8 Å². The minimum Gasteiger partial charge on any atom is -0.384 e. The molecular formula is C14H11FN2O3S. The normalized spacial score (nSPS) is 10.6. The van der Waals surface area contributed by atoms with Gasteiger partial charge in [-0.15, -0.1) is 0 Å². The van der Waals surface area contributed by atoms with Crippen LogP contribution in [0, 0.1) is 17.7 Å². The van der Waals surface area contributed by atoms with E-state index in [9.17, 15) is 12.8 Å². The van der Waals surface area contributed by atoms with Crippen LogP contribution in [-0.4, -0.2) is 25.1 Å². The van der Waals surface area contributed by atoms with Gasteiger partial charge in [0.2, 0.25) is 0 Å². The van der Waals surface area contributed by atoms with Gasteiger partial charge in [0.1, 0.15) is 23.9 Å². The van der Waals surface area contributed by atoms with Gasteiger partial charge in [-0.3, -0.25) is 4.72 Å². The van der Waals surface area contributed by atoms with Crippen LogP contribution < -0.4 is 4.72 Å².